The second-order valence-electron chi connectivity index (χ2n) is 4.88. The number of aromatic nitrogens is 1. The lowest BCUT2D eigenvalue weighted by atomic mass is 9.96. The van der Waals surface area contributed by atoms with E-state index in [1.165, 1.54) is 12.1 Å². The average molecular weight is 294 g/mol. The third-order valence-corrected chi connectivity index (χ3v) is 3.54. The molecule has 5 heteroatoms. The quantitative estimate of drug-likeness (QED) is 0.787. The minimum atomic E-state index is -0.311. The second kappa shape index (κ2) is 5.34. The number of halogens is 1. The van der Waals surface area contributed by atoms with E-state index in [-0.39, 0.29) is 11.6 Å². The molecule has 0 saturated heterocycles. The van der Waals surface area contributed by atoms with E-state index in [9.17, 15) is 9.65 Å². The van der Waals surface area contributed by atoms with Crippen molar-refractivity contribution in [2.45, 2.75) is 6.92 Å². The van der Waals surface area contributed by atoms with E-state index in [0.29, 0.717) is 16.9 Å². The summed E-state index contributed by atoms with van der Waals surface area (Å²) in [7, 11) is 0. The van der Waals surface area contributed by atoms with E-state index >= 15 is 0 Å². The molecule has 3 aromatic rings. The average Bonchev–Trinajstić information content (AvgIpc) is 3.03. The number of nitrogens with two attached hydrogens (primary N) is 1. The molecule has 0 amide bonds. The molecule has 0 atom stereocenters. The lowest BCUT2D eigenvalue weighted by molar-refractivity contribution is -0.347. The summed E-state index contributed by atoms with van der Waals surface area (Å²) in [6.45, 7) is 1.87. The van der Waals surface area contributed by atoms with E-state index in [2.05, 4.69) is 11.1 Å². The minimum Gasteiger partial charge on any atom is -0.464 e. The van der Waals surface area contributed by atoms with Gasteiger partial charge in [-0.15, -0.1) is 0 Å². The molecule has 0 radical (unpaired) electrons. The molecule has 2 aromatic heterocycles. The van der Waals surface area contributed by atoms with Gasteiger partial charge >= 0.3 is 0 Å². The molecule has 0 aliphatic heterocycles. The molecule has 108 valence electrons. The number of nitrogens with one attached hydrogen (secondary N) is 1. The number of rotatable bonds is 2. The van der Waals surface area contributed by atoms with Crippen LogP contribution in [0.5, 0.6) is 0 Å². The zero-order valence-corrected chi connectivity index (χ0v) is 11.9. The smallest absolute Gasteiger partial charge is 0.289 e. The van der Waals surface area contributed by atoms with Crippen molar-refractivity contribution in [1.29, 1.82) is 5.26 Å². The normalized spacial score (nSPS) is 10.4. The Morgan fingerprint density at radius 1 is 1.23 bits per heavy atom. The Balaban J connectivity index is 2.30. The van der Waals surface area contributed by atoms with Gasteiger partial charge < -0.3 is 4.42 Å². The number of nitriles is 1. The molecule has 4 nitrogen and oxygen atoms in total. The Kier molecular flexibility index (Phi) is 3.36. The van der Waals surface area contributed by atoms with Crippen LogP contribution in [0.3, 0.4) is 0 Å². The van der Waals surface area contributed by atoms with Gasteiger partial charge in [0.25, 0.3) is 5.82 Å². The Morgan fingerprint density at radius 3 is 2.55 bits per heavy atom. The topological polar surface area (TPSA) is 77.1 Å². The molecule has 0 aliphatic carbocycles. The maximum atomic E-state index is 13.1. The molecule has 3 rings (SSSR count). The SMILES string of the molecule is Cc1c(-c2ccc(F)cc2)[nH+]c(N)c(C#N)c1-c1ccco1. The lowest BCUT2D eigenvalue weighted by Crippen LogP contribution is -2.18. The maximum absolute atomic E-state index is 13.1. The van der Waals surface area contributed by atoms with E-state index in [4.69, 9.17) is 10.2 Å². The molecular formula is C17H13FN3O+. The zero-order valence-electron chi connectivity index (χ0n) is 11.9. The van der Waals surface area contributed by atoms with Crippen LogP contribution in [0.1, 0.15) is 11.1 Å². The summed E-state index contributed by atoms with van der Waals surface area (Å²) in [5, 5.41) is 9.38. The van der Waals surface area contributed by atoms with Crippen molar-refractivity contribution in [2.75, 3.05) is 5.73 Å². The summed E-state index contributed by atoms with van der Waals surface area (Å²) in [5.74, 6) is 0.506. The number of hydrogen-bond acceptors (Lipinski definition) is 3. The van der Waals surface area contributed by atoms with Crippen molar-refractivity contribution in [3.8, 4) is 28.7 Å². The largest absolute Gasteiger partial charge is 0.464 e. The Bertz CT molecular complexity index is 862. The molecule has 0 fully saturated rings. The second-order valence-corrected chi connectivity index (χ2v) is 4.88. The van der Waals surface area contributed by atoms with Gasteiger partial charge in [0.05, 0.1) is 11.8 Å². The molecule has 22 heavy (non-hydrogen) atoms. The molecule has 0 bridgehead atoms. The third-order valence-electron chi connectivity index (χ3n) is 3.54. The van der Waals surface area contributed by atoms with Gasteiger partial charge in [0, 0.05) is 11.1 Å². The molecule has 1 aromatic carbocycles. The molecule has 2 heterocycles. The van der Waals surface area contributed by atoms with Crippen LogP contribution in [0, 0.1) is 24.1 Å². The highest BCUT2D eigenvalue weighted by molar-refractivity contribution is 5.79. The van der Waals surface area contributed by atoms with Gasteiger partial charge in [-0.25, -0.2) is 9.37 Å². The standard InChI is InChI=1S/C17H12FN3O/c1-10-15(14-3-2-8-22-14)13(9-19)17(20)21-16(10)11-4-6-12(18)7-5-11/h2-8H,1H3,(H2,20,21)/p+1. The first-order valence-electron chi connectivity index (χ1n) is 6.67. The Morgan fingerprint density at radius 2 is 1.95 bits per heavy atom. The van der Waals surface area contributed by atoms with Crippen LogP contribution in [0.15, 0.2) is 47.1 Å². The van der Waals surface area contributed by atoms with Crippen molar-refractivity contribution in [2.24, 2.45) is 0 Å². The van der Waals surface area contributed by atoms with Crippen LogP contribution < -0.4 is 10.7 Å². The fourth-order valence-electron chi connectivity index (χ4n) is 2.49. The molecule has 0 aliphatic rings. The first-order valence-corrected chi connectivity index (χ1v) is 6.67. The molecular weight excluding hydrogens is 281 g/mol. The fraction of sp³-hybridized carbons (Fsp3) is 0.0588. The van der Waals surface area contributed by atoms with Gasteiger partial charge in [-0.3, -0.25) is 5.73 Å². The number of benzene rings is 1. The van der Waals surface area contributed by atoms with Crippen molar-refractivity contribution in [1.82, 2.24) is 0 Å². The van der Waals surface area contributed by atoms with Crippen molar-refractivity contribution >= 4 is 5.82 Å². The minimum absolute atomic E-state index is 0.249. The van der Waals surface area contributed by atoms with E-state index in [1.807, 2.05) is 6.92 Å². The van der Waals surface area contributed by atoms with Crippen LogP contribution in [0.4, 0.5) is 10.2 Å². The highest BCUT2D eigenvalue weighted by Gasteiger charge is 2.23. The van der Waals surface area contributed by atoms with Crippen molar-refractivity contribution in [3.63, 3.8) is 0 Å². The number of nitrogens with zero attached hydrogens (tertiary/aromatic N) is 1. The predicted octanol–water partition coefficient (Wildman–Crippen LogP) is 3.33. The van der Waals surface area contributed by atoms with Crippen molar-refractivity contribution in [3.05, 3.63) is 59.6 Å². The zero-order chi connectivity index (χ0) is 15.7. The number of nitrogen functional groups attached to an aromatic ring is 1. The molecule has 0 saturated carbocycles. The molecule has 0 unspecified atom stereocenters. The highest BCUT2D eigenvalue weighted by atomic mass is 19.1. The summed E-state index contributed by atoms with van der Waals surface area (Å²) in [6.07, 6.45) is 1.54. The van der Waals surface area contributed by atoms with Crippen LogP contribution in [0.25, 0.3) is 22.6 Å². The summed E-state index contributed by atoms with van der Waals surface area (Å²) in [6, 6.07) is 11.7. The number of furan rings is 1. The molecule has 0 spiro atoms. The van der Waals surface area contributed by atoms with Gasteiger partial charge in [-0.1, -0.05) is 0 Å². The fourth-order valence-corrected chi connectivity index (χ4v) is 2.49. The van der Waals surface area contributed by atoms with Gasteiger partial charge in [-0.05, 0) is 43.3 Å². The van der Waals surface area contributed by atoms with E-state index < -0.39 is 0 Å². The van der Waals surface area contributed by atoms with Gasteiger partial charge in [0.15, 0.2) is 5.56 Å². The Labute approximate surface area is 126 Å². The summed E-state index contributed by atoms with van der Waals surface area (Å²) < 4.78 is 18.5. The number of aromatic amines is 1. The number of pyridine rings is 1. The van der Waals surface area contributed by atoms with Crippen LogP contribution in [-0.4, -0.2) is 0 Å². The number of H-pyrrole nitrogens is 1. The monoisotopic (exact) mass is 294 g/mol. The highest BCUT2D eigenvalue weighted by Crippen LogP contribution is 2.33. The first kappa shape index (κ1) is 13.8. The Hall–Kier alpha value is -3.13. The van der Waals surface area contributed by atoms with Gasteiger partial charge in [0.2, 0.25) is 0 Å². The van der Waals surface area contributed by atoms with E-state index in [0.717, 1.165) is 16.8 Å². The summed E-state index contributed by atoms with van der Waals surface area (Å²) in [4.78, 5) is 3.02. The summed E-state index contributed by atoms with van der Waals surface area (Å²) >= 11 is 0. The van der Waals surface area contributed by atoms with E-state index in [1.54, 1.807) is 30.5 Å². The van der Waals surface area contributed by atoms with Gasteiger partial charge in [-0.2, -0.15) is 5.26 Å². The van der Waals surface area contributed by atoms with Crippen LogP contribution >= 0.6 is 0 Å². The molecule has 3 N–H and O–H groups in total. The first-order chi connectivity index (χ1) is 10.6. The van der Waals surface area contributed by atoms with Crippen LogP contribution in [0.2, 0.25) is 0 Å². The maximum Gasteiger partial charge on any atom is 0.289 e. The van der Waals surface area contributed by atoms with Gasteiger partial charge in [0.1, 0.15) is 23.3 Å². The van der Waals surface area contributed by atoms with Crippen LogP contribution in [-0.2, 0) is 0 Å². The van der Waals surface area contributed by atoms with Crippen molar-refractivity contribution < 1.29 is 13.8 Å². The lowest BCUT2D eigenvalue weighted by Gasteiger charge is -2.10. The number of hydrogen-bond donors (Lipinski definition) is 1. The predicted molar refractivity (Wildman–Crippen MR) is 80.0 cm³/mol. The third kappa shape index (κ3) is 2.21. The number of anilines is 1. The summed E-state index contributed by atoms with van der Waals surface area (Å²) in [5.41, 5.74) is 9.27.